The zero-order chi connectivity index (χ0) is 76.9. The fraction of sp³-hybridized carbons (Fsp3) is 0.953. The van der Waals surface area contributed by atoms with Crippen molar-refractivity contribution in [2.75, 3.05) is 39.6 Å². The van der Waals surface area contributed by atoms with E-state index in [1.807, 2.05) is 0 Å². The van der Waals surface area contributed by atoms with E-state index in [4.69, 9.17) is 37.0 Å². The van der Waals surface area contributed by atoms with Gasteiger partial charge in [-0.3, -0.25) is 37.3 Å². The molecule has 17 nitrogen and oxygen atoms in total. The van der Waals surface area contributed by atoms with Crippen molar-refractivity contribution >= 4 is 39.5 Å². The Balaban J connectivity index is 5.21. The van der Waals surface area contributed by atoms with Gasteiger partial charge in [0.15, 0.2) is 12.2 Å². The first kappa shape index (κ1) is 103. The molecule has 0 aliphatic carbocycles. The highest BCUT2D eigenvalue weighted by Gasteiger charge is 2.30. The summed E-state index contributed by atoms with van der Waals surface area (Å²) >= 11 is 0. The van der Waals surface area contributed by atoms with Gasteiger partial charge >= 0.3 is 39.5 Å². The third kappa shape index (κ3) is 79.9. The summed E-state index contributed by atoms with van der Waals surface area (Å²) < 4.78 is 68.9. The van der Waals surface area contributed by atoms with Crippen molar-refractivity contribution in [2.45, 2.75) is 483 Å². The maximum absolute atomic E-state index is 13.1. The van der Waals surface area contributed by atoms with Crippen molar-refractivity contribution in [3.05, 3.63) is 0 Å². The smallest absolute Gasteiger partial charge is 0.462 e. The summed E-state index contributed by atoms with van der Waals surface area (Å²) in [6.07, 6.45) is 72.3. The van der Waals surface area contributed by atoms with Crippen molar-refractivity contribution in [1.82, 2.24) is 0 Å². The van der Waals surface area contributed by atoms with Crippen molar-refractivity contribution in [3.63, 3.8) is 0 Å². The van der Waals surface area contributed by atoms with Crippen LogP contribution in [0.25, 0.3) is 0 Å². The second kappa shape index (κ2) is 78.7. The molecular formula is C86H168O17P2. The Kier molecular flexibility index (Phi) is 77.3. The molecule has 3 N–H and O–H groups in total. The number of esters is 4. The minimum atomic E-state index is -4.97. The van der Waals surface area contributed by atoms with Gasteiger partial charge in [-0.1, -0.05) is 413 Å². The highest BCUT2D eigenvalue weighted by molar-refractivity contribution is 7.47. The van der Waals surface area contributed by atoms with Gasteiger partial charge in [-0.05, 0) is 31.6 Å². The van der Waals surface area contributed by atoms with Crippen LogP contribution in [-0.2, 0) is 65.4 Å². The molecule has 0 aromatic carbocycles. The molecule has 0 spiro atoms. The molecule has 624 valence electrons. The number of carbonyl (C=O) groups is 4. The van der Waals surface area contributed by atoms with Crippen LogP contribution < -0.4 is 0 Å². The van der Waals surface area contributed by atoms with E-state index in [9.17, 15) is 43.2 Å². The molecule has 5 atom stereocenters. The number of hydrogen-bond donors (Lipinski definition) is 3. The zero-order valence-corrected chi connectivity index (χ0v) is 70.7. The van der Waals surface area contributed by atoms with E-state index in [1.54, 1.807) is 0 Å². The first-order chi connectivity index (χ1) is 51.0. The lowest BCUT2D eigenvalue weighted by Gasteiger charge is -2.21. The molecule has 2 unspecified atom stereocenters. The number of hydrogen-bond acceptors (Lipinski definition) is 15. The summed E-state index contributed by atoms with van der Waals surface area (Å²) in [5, 5.41) is 10.7. The fourth-order valence-corrected chi connectivity index (χ4v) is 15.1. The second-order valence-electron chi connectivity index (χ2n) is 31.4. The summed E-state index contributed by atoms with van der Waals surface area (Å²) in [5.41, 5.74) is 0. The Hall–Kier alpha value is -1.94. The minimum absolute atomic E-state index is 0.107. The van der Waals surface area contributed by atoms with E-state index in [0.29, 0.717) is 25.7 Å². The molecule has 0 heterocycles. The Morgan fingerprint density at radius 3 is 0.648 bits per heavy atom. The molecule has 0 aliphatic heterocycles. The molecule has 19 heteroatoms. The van der Waals surface area contributed by atoms with Crippen LogP contribution in [0.1, 0.15) is 465 Å². The molecule has 0 saturated heterocycles. The van der Waals surface area contributed by atoms with Gasteiger partial charge in [0.05, 0.1) is 26.4 Å². The van der Waals surface area contributed by atoms with Crippen molar-refractivity contribution in [2.24, 2.45) is 5.92 Å². The predicted octanol–water partition coefficient (Wildman–Crippen LogP) is 26.4. The maximum Gasteiger partial charge on any atom is 0.472 e. The van der Waals surface area contributed by atoms with Gasteiger partial charge in [-0.2, -0.15) is 0 Å². The van der Waals surface area contributed by atoms with Crippen molar-refractivity contribution < 1.29 is 80.2 Å². The van der Waals surface area contributed by atoms with E-state index in [0.717, 1.165) is 95.8 Å². The van der Waals surface area contributed by atoms with Crippen LogP contribution in [0.4, 0.5) is 0 Å². The van der Waals surface area contributed by atoms with Gasteiger partial charge in [-0.15, -0.1) is 0 Å². The largest absolute Gasteiger partial charge is 0.472 e. The molecule has 0 fully saturated rings. The average molecular weight is 1540 g/mol. The molecule has 0 amide bonds. The van der Waals surface area contributed by atoms with Gasteiger partial charge in [0.2, 0.25) is 0 Å². The number of carbonyl (C=O) groups excluding carboxylic acids is 4. The normalized spacial score (nSPS) is 13.8. The zero-order valence-electron chi connectivity index (χ0n) is 68.9. The standard InChI is InChI=1S/C86H168O17P2/c1-6-9-12-15-18-21-24-26-28-30-32-33-34-36-38-40-42-46-51-56-61-66-71-85(90)102-82(76-97-84(89)70-65-60-55-50-45-41-39-37-35-31-29-27-25-22-19-16-13-10-7-2)78-101-105(94,95)99-74-80(87)73-98-104(92,93)100-77-81(75-96-83(88)69-64-59-54-49-23-20-17-14-11-8-3)103-86(91)72-67-62-57-52-47-43-44-48-53-58-63-68-79(4)5/h79-82,87H,6-78H2,1-5H3,(H,92,93)(H,94,95)/t80-,81+,82+/m0/s1. The lowest BCUT2D eigenvalue weighted by Crippen LogP contribution is -2.30. The van der Waals surface area contributed by atoms with Crippen molar-refractivity contribution in [3.8, 4) is 0 Å². The summed E-state index contributed by atoms with van der Waals surface area (Å²) in [4.78, 5) is 73.2. The molecule has 0 saturated carbocycles. The monoisotopic (exact) mass is 1540 g/mol. The minimum Gasteiger partial charge on any atom is -0.462 e. The van der Waals surface area contributed by atoms with E-state index in [1.165, 1.54) is 289 Å². The molecule has 0 aromatic heterocycles. The molecule has 0 aromatic rings. The number of phosphoric ester groups is 2. The van der Waals surface area contributed by atoms with Crippen LogP contribution in [0.5, 0.6) is 0 Å². The van der Waals surface area contributed by atoms with Crippen molar-refractivity contribution in [1.29, 1.82) is 0 Å². The third-order valence-corrected chi connectivity index (χ3v) is 22.2. The molecular weight excluding hydrogens is 1370 g/mol. The predicted molar refractivity (Wildman–Crippen MR) is 432 cm³/mol. The van der Waals surface area contributed by atoms with E-state index >= 15 is 0 Å². The maximum atomic E-state index is 13.1. The number of phosphoric acid groups is 2. The Morgan fingerprint density at radius 2 is 0.438 bits per heavy atom. The fourth-order valence-electron chi connectivity index (χ4n) is 13.5. The van der Waals surface area contributed by atoms with Crippen LogP contribution in [0, 0.1) is 5.92 Å². The summed E-state index contributed by atoms with van der Waals surface area (Å²) in [6.45, 7) is 7.35. The quantitative estimate of drug-likeness (QED) is 0.0222. The second-order valence-corrected chi connectivity index (χ2v) is 34.3. The number of ether oxygens (including phenoxy) is 4. The number of aliphatic hydroxyl groups excluding tert-OH is 1. The topological polar surface area (TPSA) is 237 Å². The first-order valence-electron chi connectivity index (χ1n) is 44.6. The number of unbranched alkanes of at least 4 members (excludes halogenated alkanes) is 58. The van der Waals surface area contributed by atoms with Crippen LogP contribution in [0.15, 0.2) is 0 Å². The van der Waals surface area contributed by atoms with Gasteiger partial charge in [0.25, 0.3) is 0 Å². The number of aliphatic hydroxyl groups is 1. The highest BCUT2D eigenvalue weighted by atomic mass is 31.2. The van der Waals surface area contributed by atoms with E-state index < -0.39 is 97.5 Å². The first-order valence-corrected chi connectivity index (χ1v) is 47.6. The molecule has 0 aliphatic rings. The van der Waals surface area contributed by atoms with E-state index in [-0.39, 0.29) is 25.7 Å². The van der Waals surface area contributed by atoms with E-state index in [2.05, 4.69) is 34.6 Å². The van der Waals surface area contributed by atoms with Gasteiger partial charge in [0, 0.05) is 25.7 Å². The third-order valence-electron chi connectivity index (χ3n) is 20.3. The average Bonchev–Trinajstić information content (AvgIpc) is 0.918. The van der Waals surface area contributed by atoms with Crippen LogP contribution in [0.2, 0.25) is 0 Å². The van der Waals surface area contributed by atoms with Crippen LogP contribution in [0.3, 0.4) is 0 Å². The lowest BCUT2D eigenvalue weighted by atomic mass is 10.0. The summed E-state index contributed by atoms with van der Waals surface area (Å²) in [6, 6.07) is 0. The summed E-state index contributed by atoms with van der Waals surface area (Å²) in [7, 11) is -9.92. The Bertz CT molecular complexity index is 2000. The van der Waals surface area contributed by atoms with Gasteiger partial charge in [-0.25, -0.2) is 9.13 Å². The molecule has 0 rings (SSSR count). The van der Waals surface area contributed by atoms with Crippen LogP contribution >= 0.6 is 15.6 Å². The lowest BCUT2D eigenvalue weighted by molar-refractivity contribution is -0.161. The van der Waals surface area contributed by atoms with Gasteiger partial charge in [0.1, 0.15) is 19.3 Å². The highest BCUT2D eigenvalue weighted by Crippen LogP contribution is 2.45. The Labute approximate surface area is 645 Å². The van der Waals surface area contributed by atoms with Gasteiger partial charge < -0.3 is 33.8 Å². The molecule has 105 heavy (non-hydrogen) atoms. The molecule has 0 bridgehead atoms. The number of rotatable bonds is 86. The molecule has 0 radical (unpaired) electrons. The SMILES string of the molecule is CCCCCCCCCCCCCCCCCCCCCCCCC(=O)O[C@H](COC(=O)CCCCCCCCCCCCCCCCCCCCC)COP(=O)(O)OC[C@@H](O)COP(=O)(O)OC[C@@H](COC(=O)CCCCCCCCCCCC)OC(=O)CCCCCCCCCCCCCC(C)C. The Morgan fingerprint density at radius 1 is 0.257 bits per heavy atom. The summed E-state index contributed by atoms with van der Waals surface area (Å²) in [5.74, 6) is -1.34. The van der Waals surface area contributed by atoms with Crippen LogP contribution in [-0.4, -0.2) is 96.7 Å².